The van der Waals surface area contributed by atoms with Crippen molar-refractivity contribution < 1.29 is 23.9 Å². The number of carbonyl (C=O) groups excluding carboxylic acids is 4. The summed E-state index contributed by atoms with van der Waals surface area (Å²) < 4.78 is 4.91. The highest BCUT2D eigenvalue weighted by Gasteiger charge is 2.38. The average Bonchev–Trinajstić information content (AvgIpc) is 3.23. The van der Waals surface area contributed by atoms with Crippen molar-refractivity contribution in [2.45, 2.75) is 64.6 Å². The summed E-state index contributed by atoms with van der Waals surface area (Å²) in [7, 11) is 0. The van der Waals surface area contributed by atoms with Crippen LogP contribution in [0.5, 0.6) is 0 Å². The fourth-order valence-corrected chi connectivity index (χ4v) is 3.88. The van der Waals surface area contributed by atoms with Crippen LogP contribution in [0.15, 0.2) is 12.2 Å². The van der Waals surface area contributed by atoms with Crippen LogP contribution in [0.25, 0.3) is 0 Å². The Balaban J connectivity index is 2.14. The van der Waals surface area contributed by atoms with Gasteiger partial charge in [0.05, 0.1) is 12.6 Å². The van der Waals surface area contributed by atoms with E-state index >= 15 is 0 Å². The Morgan fingerprint density at radius 3 is 2.60 bits per heavy atom. The Morgan fingerprint density at radius 2 is 2.07 bits per heavy atom. The molecule has 3 amide bonds. The smallest absolute Gasteiger partial charge is 0.330 e. The van der Waals surface area contributed by atoms with E-state index in [4.69, 9.17) is 10.5 Å². The van der Waals surface area contributed by atoms with Gasteiger partial charge in [-0.15, -0.1) is 0 Å². The van der Waals surface area contributed by atoms with E-state index in [1.807, 2.05) is 13.8 Å². The standard InChI is InChI=1S/C21H34N4O5/c1-4-30-18(26)6-5-15(12-14-7-9-23-19(14)27)24-20(28)17(11-13(2)3)25-10-8-16(22)21(25)29/h5-6,13-17H,4,7-12,22H2,1-3H3,(H,23,27)(H,24,28)/b6-5+/t14-,15+,16-,17-/m0/s1. The molecule has 0 aromatic rings. The molecule has 0 radical (unpaired) electrons. The zero-order chi connectivity index (χ0) is 22.3. The van der Waals surface area contributed by atoms with Crippen LogP contribution in [0.4, 0.5) is 0 Å². The molecule has 0 bridgehead atoms. The highest BCUT2D eigenvalue weighted by molar-refractivity contribution is 5.91. The fraction of sp³-hybridized carbons (Fsp3) is 0.714. The number of nitrogens with two attached hydrogens (primary N) is 1. The minimum absolute atomic E-state index is 0.0572. The summed E-state index contributed by atoms with van der Waals surface area (Å²) in [5.74, 6) is -1.13. The molecule has 168 valence electrons. The van der Waals surface area contributed by atoms with E-state index in [1.54, 1.807) is 17.9 Å². The van der Waals surface area contributed by atoms with Crippen LogP contribution in [-0.4, -0.2) is 66.4 Å². The Hall–Kier alpha value is -2.42. The Labute approximate surface area is 177 Å². The van der Waals surface area contributed by atoms with Crippen molar-refractivity contribution in [2.24, 2.45) is 17.6 Å². The summed E-state index contributed by atoms with van der Waals surface area (Å²) >= 11 is 0. The quantitative estimate of drug-likeness (QED) is 0.338. The molecule has 4 N–H and O–H groups in total. The van der Waals surface area contributed by atoms with Gasteiger partial charge in [0.2, 0.25) is 17.7 Å². The van der Waals surface area contributed by atoms with Crippen molar-refractivity contribution in [3.05, 3.63) is 12.2 Å². The maximum Gasteiger partial charge on any atom is 0.330 e. The fourth-order valence-electron chi connectivity index (χ4n) is 3.88. The van der Waals surface area contributed by atoms with Crippen LogP contribution in [0.1, 0.15) is 46.5 Å². The number of nitrogens with zero attached hydrogens (tertiary/aromatic N) is 1. The molecule has 0 unspecified atom stereocenters. The number of esters is 1. The van der Waals surface area contributed by atoms with Crippen molar-refractivity contribution >= 4 is 23.7 Å². The molecule has 2 saturated heterocycles. The lowest BCUT2D eigenvalue weighted by Gasteiger charge is -2.30. The monoisotopic (exact) mass is 422 g/mol. The molecule has 2 aliphatic rings. The van der Waals surface area contributed by atoms with E-state index in [-0.39, 0.29) is 36.2 Å². The molecule has 9 heteroatoms. The Bertz CT molecular complexity index is 678. The van der Waals surface area contributed by atoms with E-state index in [0.29, 0.717) is 38.8 Å². The van der Waals surface area contributed by atoms with Crippen LogP contribution >= 0.6 is 0 Å². The van der Waals surface area contributed by atoms with Gasteiger partial charge < -0.3 is 26.0 Å². The van der Waals surface area contributed by atoms with Crippen molar-refractivity contribution in [2.75, 3.05) is 19.7 Å². The van der Waals surface area contributed by atoms with Gasteiger partial charge in [-0.2, -0.15) is 0 Å². The normalized spacial score (nSPS) is 23.7. The molecular weight excluding hydrogens is 388 g/mol. The SMILES string of the molecule is CCOC(=O)/C=C/[C@H](C[C@@H]1CCNC1=O)NC(=O)[C@H](CC(C)C)N1CC[C@H](N)C1=O. The molecule has 2 heterocycles. The predicted octanol–water partition coefficient (Wildman–Crippen LogP) is 0.0910. The molecule has 0 aliphatic carbocycles. The number of carbonyl (C=O) groups is 4. The zero-order valence-electron chi connectivity index (χ0n) is 18.1. The van der Waals surface area contributed by atoms with Crippen LogP contribution in [0.3, 0.4) is 0 Å². The number of nitrogens with one attached hydrogen (secondary N) is 2. The van der Waals surface area contributed by atoms with E-state index < -0.39 is 24.1 Å². The molecule has 4 atom stereocenters. The van der Waals surface area contributed by atoms with E-state index in [0.717, 1.165) is 0 Å². The summed E-state index contributed by atoms with van der Waals surface area (Å²) in [4.78, 5) is 50.9. The number of amides is 3. The molecule has 0 spiro atoms. The van der Waals surface area contributed by atoms with Gasteiger partial charge in [-0.3, -0.25) is 14.4 Å². The molecule has 0 aromatic carbocycles. The first kappa shape index (κ1) is 23.9. The number of ether oxygens (including phenoxy) is 1. The lowest BCUT2D eigenvalue weighted by Crippen LogP contribution is -2.52. The summed E-state index contributed by atoms with van der Waals surface area (Å²) in [6.07, 6.45) is 4.90. The molecule has 2 fully saturated rings. The van der Waals surface area contributed by atoms with Gasteiger partial charge in [0.1, 0.15) is 6.04 Å². The lowest BCUT2D eigenvalue weighted by molar-refractivity contribution is -0.138. The highest BCUT2D eigenvalue weighted by atomic mass is 16.5. The predicted molar refractivity (Wildman–Crippen MR) is 111 cm³/mol. The molecule has 2 aliphatic heterocycles. The summed E-state index contributed by atoms with van der Waals surface area (Å²) in [5, 5.41) is 5.72. The van der Waals surface area contributed by atoms with Crippen LogP contribution in [0, 0.1) is 11.8 Å². The molecule has 2 rings (SSSR count). The summed E-state index contributed by atoms with van der Waals surface area (Å²) in [5.41, 5.74) is 5.84. The molecule has 0 aromatic heterocycles. The number of hydrogen-bond donors (Lipinski definition) is 3. The minimum Gasteiger partial charge on any atom is -0.463 e. The Kier molecular flexibility index (Phi) is 8.83. The van der Waals surface area contributed by atoms with Gasteiger partial charge in [-0.25, -0.2) is 4.79 Å². The average molecular weight is 423 g/mol. The number of rotatable bonds is 10. The molecular formula is C21H34N4O5. The van der Waals surface area contributed by atoms with Gasteiger partial charge in [0.25, 0.3) is 0 Å². The van der Waals surface area contributed by atoms with Crippen LogP contribution < -0.4 is 16.4 Å². The first-order chi connectivity index (χ1) is 14.2. The lowest BCUT2D eigenvalue weighted by atomic mass is 9.96. The van der Waals surface area contributed by atoms with Gasteiger partial charge in [0, 0.05) is 31.1 Å². The van der Waals surface area contributed by atoms with Crippen molar-refractivity contribution in [3.63, 3.8) is 0 Å². The second-order valence-corrected chi connectivity index (χ2v) is 8.31. The third kappa shape index (κ3) is 6.55. The molecule has 9 nitrogen and oxygen atoms in total. The van der Waals surface area contributed by atoms with Crippen molar-refractivity contribution in [1.29, 1.82) is 0 Å². The highest BCUT2D eigenvalue weighted by Crippen LogP contribution is 2.21. The largest absolute Gasteiger partial charge is 0.463 e. The van der Waals surface area contributed by atoms with Crippen LogP contribution in [-0.2, 0) is 23.9 Å². The first-order valence-electron chi connectivity index (χ1n) is 10.7. The first-order valence-corrected chi connectivity index (χ1v) is 10.7. The maximum atomic E-state index is 13.2. The van der Waals surface area contributed by atoms with Crippen LogP contribution in [0.2, 0.25) is 0 Å². The van der Waals surface area contributed by atoms with Gasteiger partial charge in [0.15, 0.2) is 0 Å². The zero-order valence-corrected chi connectivity index (χ0v) is 18.1. The topological polar surface area (TPSA) is 131 Å². The number of likely N-dealkylation sites (tertiary alicyclic amines) is 1. The third-order valence-corrected chi connectivity index (χ3v) is 5.43. The molecule has 30 heavy (non-hydrogen) atoms. The number of hydrogen-bond acceptors (Lipinski definition) is 6. The van der Waals surface area contributed by atoms with Crippen molar-refractivity contribution in [3.8, 4) is 0 Å². The summed E-state index contributed by atoms with van der Waals surface area (Å²) in [6.45, 7) is 6.98. The van der Waals surface area contributed by atoms with E-state index in [1.165, 1.54) is 6.08 Å². The van der Waals surface area contributed by atoms with Gasteiger partial charge in [-0.1, -0.05) is 19.9 Å². The molecule has 0 saturated carbocycles. The third-order valence-electron chi connectivity index (χ3n) is 5.43. The van der Waals surface area contributed by atoms with Gasteiger partial charge in [-0.05, 0) is 38.5 Å². The second kappa shape index (κ2) is 11.1. The van der Waals surface area contributed by atoms with Gasteiger partial charge >= 0.3 is 5.97 Å². The Morgan fingerprint density at radius 1 is 1.33 bits per heavy atom. The van der Waals surface area contributed by atoms with Crippen molar-refractivity contribution in [1.82, 2.24) is 15.5 Å². The minimum atomic E-state index is -0.637. The second-order valence-electron chi connectivity index (χ2n) is 8.31. The van der Waals surface area contributed by atoms with E-state index in [2.05, 4.69) is 10.6 Å². The maximum absolute atomic E-state index is 13.2. The summed E-state index contributed by atoms with van der Waals surface area (Å²) in [6, 6.07) is -1.74. The van der Waals surface area contributed by atoms with E-state index in [9.17, 15) is 19.2 Å².